The van der Waals surface area contributed by atoms with Crippen LogP contribution in [0.25, 0.3) is 0 Å². The predicted octanol–water partition coefficient (Wildman–Crippen LogP) is 0.277. The van der Waals surface area contributed by atoms with Gasteiger partial charge in [0.25, 0.3) is 0 Å². The lowest BCUT2D eigenvalue weighted by atomic mass is 10.4. The molecule has 1 heterocycles. The Labute approximate surface area is 114 Å². The van der Waals surface area contributed by atoms with Crippen LogP contribution in [0.15, 0.2) is 24.5 Å². The molecule has 0 atom stereocenters. The lowest BCUT2D eigenvalue weighted by molar-refractivity contribution is -0.116. The average molecular weight is 263 g/mol. The first-order valence-electron chi connectivity index (χ1n) is 6.06. The van der Waals surface area contributed by atoms with Crippen molar-refractivity contribution in [3.63, 3.8) is 0 Å². The first-order valence-corrected chi connectivity index (χ1v) is 6.06. The molecule has 0 aliphatic carbocycles. The molecule has 1 aromatic heterocycles. The number of hydrogen-bond acceptors (Lipinski definition) is 5. The Hall–Kier alpha value is -1.95. The van der Waals surface area contributed by atoms with Crippen molar-refractivity contribution in [2.45, 2.75) is 6.54 Å². The number of carbonyl (C=O) groups is 1. The van der Waals surface area contributed by atoms with Crippen molar-refractivity contribution in [2.75, 3.05) is 39.6 Å². The van der Waals surface area contributed by atoms with Gasteiger partial charge < -0.3 is 15.1 Å². The molecule has 0 aliphatic rings. The second kappa shape index (κ2) is 7.48. The molecule has 1 aromatic rings. The van der Waals surface area contributed by atoms with Crippen LogP contribution in [0, 0.1) is 0 Å². The summed E-state index contributed by atoms with van der Waals surface area (Å²) in [7, 11) is 7.75. The van der Waals surface area contributed by atoms with Crippen LogP contribution in [0.4, 0.5) is 5.69 Å². The highest BCUT2D eigenvalue weighted by molar-refractivity contribution is 5.87. The summed E-state index contributed by atoms with van der Waals surface area (Å²) < 4.78 is 0. The van der Waals surface area contributed by atoms with Gasteiger partial charge in [-0.15, -0.1) is 0 Å². The maximum Gasteiger partial charge on any atom is 0.244 e. The summed E-state index contributed by atoms with van der Waals surface area (Å²) in [6.07, 6.45) is 6.80. The minimum Gasteiger partial charge on any atom is -0.375 e. The molecule has 0 saturated carbocycles. The molecule has 1 N–H and O–H groups in total. The standard InChI is InChI=1S/C13H21N5O/c1-17(2)7-5-6-13(19)16-10-12-14-8-11(9-15-12)18(3)4/h5-6,8-9H,7,10H2,1-4H3,(H,16,19)/b6-5+. The van der Waals surface area contributed by atoms with E-state index in [-0.39, 0.29) is 5.91 Å². The van der Waals surface area contributed by atoms with Gasteiger partial charge in [-0.2, -0.15) is 0 Å². The molecular formula is C13H21N5O. The van der Waals surface area contributed by atoms with Crippen LogP contribution in [0.3, 0.4) is 0 Å². The van der Waals surface area contributed by atoms with Gasteiger partial charge in [-0.1, -0.05) is 6.08 Å². The van der Waals surface area contributed by atoms with Gasteiger partial charge in [0.1, 0.15) is 5.82 Å². The molecule has 0 saturated heterocycles. The molecule has 0 fully saturated rings. The van der Waals surface area contributed by atoms with E-state index in [1.807, 2.05) is 44.1 Å². The van der Waals surface area contributed by atoms with Crippen LogP contribution in [-0.2, 0) is 11.3 Å². The summed E-state index contributed by atoms with van der Waals surface area (Å²) in [4.78, 5) is 23.8. The third-order valence-corrected chi connectivity index (χ3v) is 2.37. The van der Waals surface area contributed by atoms with Gasteiger partial charge in [0.05, 0.1) is 24.6 Å². The van der Waals surface area contributed by atoms with E-state index in [1.54, 1.807) is 12.4 Å². The number of nitrogens with zero attached hydrogens (tertiary/aromatic N) is 4. The SMILES string of the molecule is CN(C)C/C=C/C(=O)NCc1ncc(N(C)C)cn1. The number of rotatable bonds is 6. The number of carbonyl (C=O) groups excluding carboxylic acids is 1. The van der Waals surface area contributed by atoms with Gasteiger partial charge in [0.2, 0.25) is 5.91 Å². The summed E-state index contributed by atoms with van der Waals surface area (Å²) in [6, 6.07) is 0. The topological polar surface area (TPSA) is 61.4 Å². The number of hydrogen-bond donors (Lipinski definition) is 1. The van der Waals surface area contributed by atoms with Crippen molar-refractivity contribution < 1.29 is 4.79 Å². The van der Waals surface area contributed by atoms with E-state index in [0.29, 0.717) is 12.4 Å². The first-order chi connectivity index (χ1) is 8.99. The first kappa shape index (κ1) is 15.1. The number of nitrogens with one attached hydrogen (secondary N) is 1. The predicted molar refractivity (Wildman–Crippen MR) is 75.9 cm³/mol. The van der Waals surface area contributed by atoms with Crippen molar-refractivity contribution in [3.8, 4) is 0 Å². The van der Waals surface area contributed by atoms with Gasteiger partial charge in [-0.25, -0.2) is 9.97 Å². The monoisotopic (exact) mass is 263 g/mol. The lowest BCUT2D eigenvalue weighted by Crippen LogP contribution is -2.22. The highest BCUT2D eigenvalue weighted by Gasteiger charge is 2.01. The molecule has 6 nitrogen and oxygen atoms in total. The fraction of sp³-hybridized carbons (Fsp3) is 0.462. The van der Waals surface area contributed by atoms with E-state index >= 15 is 0 Å². The fourth-order valence-corrected chi connectivity index (χ4v) is 1.27. The van der Waals surface area contributed by atoms with Gasteiger partial charge in [-0.05, 0) is 14.1 Å². The summed E-state index contributed by atoms with van der Waals surface area (Å²) in [5.41, 5.74) is 0.931. The zero-order valence-electron chi connectivity index (χ0n) is 11.9. The van der Waals surface area contributed by atoms with E-state index in [1.165, 1.54) is 6.08 Å². The third kappa shape index (κ3) is 5.96. The van der Waals surface area contributed by atoms with E-state index in [2.05, 4.69) is 15.3 Å². The summed E-state index contributed by atoms with van der Waals surface area (Å²) >= 11 is 0. The number of aromatic nitrogens is 2. The molecule has 0 unspecified atom stereocenters. The van der Waals surface area contributed by atoms with Crippen LogP contribution in [-0.4, -0.2) is 55.5 Å². The largest absolute Gasteiger partial charge is 0.375 e. The molecule has 1 rings (SSSR count). The van der Waals surface area contributed by atoms with Crippen LogP contribution in [0.5, 0.6) is 0 Å². The highest BCUT2D eigenvalue weighted by atomic mass is 16.1. The molecule has 0 aromatic carbocycles. The highest BCUT2D eigenvalue weighted by Crippen LogP contribution is 2.05. The second-order valence-corrected chi connectivity index (χ2v) is 4.63. The van der Waals surface area contributed by atoms with Crippen LogP contribution >= 0.6 is 0 Å². The van der Waals surface area contributed by atoms with E-state index in [0.717, 1.165) is 12.2 Å². The summed E-state index contributed by atoms with van der Waals surface area (Å²) in [6.45, 7) is 1.07. The zero-order valence-corrected chi connectivity index (χ0v) is 11.9. The number of amides is 1. The van der Waals surface area contributed by atoms with E-state index in [9.17, 15) is 4.79 Å². The molecule has 6 heteroatoms. The number of likely N-dealkylation sites (N-methyl/N-ethyl adjacent to an activating group) is 1. The van der Waals surface area contributed by atoms with E-state index < -0.39 is 0 Å². The zero-order chi connectivity index (χ0) is 14.3. The molecule has 0 spiro atoms. The second-order valence-electron chi connectivity index (χ2n) is 4.63. The van der Waals surface area contributed by atoms with E-state index in [4.69, 9.17) is 0 Å². The smallest absolute Gasteiger partial charge is 0.244 e. The molecule has 104 valence electrons. The van der Waals surface area contributed by atoms with Gasteiger partial charge >= 0.3 is 0 Å². The molecule has 1 amide bonds. The normalized spacial score (nSPS) is 11.0. The molecular weight excluding hydrogens is 242 g/mol. The lowest BCUT2D eigenvalue weighted by Gasteiger charge is -2.11. The Bertz CT molecular complexity index is 425. The van der Waals surface area contributed by atoms with Gasteiger partial charge in [0, 0.05) is 26.7 Å². The van der Waals surface area contributed by atoms with Crippen LogP contribution < -0.4 is 10.2 Å². The molecule has 0 aliphatic heterocycles. The minimum atomic E-state index is -0.137. The Kier molecular flexibility index (Phi) is 5.95. The fourth-order valence-electron chi connectivity index (χ4n) is 1.27. The van der Waals surface area contributed by atoms with Crippen LogP contribution in [0.1, 0.15) is 5.82 Å². The van der Waals surface area contributed by atoms with Gasteiger partial charge in [-0.3, -0.25) is 4.79 Å². The Morgan fingerprint density at radius 1 is 1.26 bits per heavy atom. The quantitative estimate of drug-likeness (QED) is 0.747. The van der Waals surface area contributed by atoms with Gasteiger partial charge in [0.15, 0.2) is 0 Å². The summed E-state index contributed by atoms with van der Waals surface area (Å²) in [5.74, 6) is 0.460. The third-order valence-electron chi connectivity index (χ3n) is 2.37. The Morgan fingerprint density at radius 2 is 1.89 bits per heavy atom. The van der Waals surface area contributed by atoms with Crippen molar-refractivity contribution in [1.29, 1.82) is 0 Å². The Balaban J connectivity index is 2.40. The number of anilines is 1. The maximum atomic E-state index is 11.5. The molecule has 0 radical (unpaired) electrons. The van der Waals surface area contributed by atoms with Crippen molar-refractivity contribution >= 4 is 11.6 Å². The molecule has 0 bridgehead atoms. The van der Waals surface area contributed by atoms with Crippen molar-refractivity contribution in [1.82, 2.24) is 20.2 Å². The van der Waals surface area contributed by atoms with Crippen LogP contribution in [0.2, 0.25) is 0 Å². The minimum absolute atomic E-state index is 0.137. The maximum absolute atomic E-state index is 11.5. The Morgan fingerprint density at radius 3 is 2.42 bits per heavy atom. The van der Waals surface area contributed by atoms with Crippen molar-refractivity contribution in [2.24, 2.45) is 0 Å². The molecule has 19 heavy (non-hydrogen) atoms. The summed E-state index contributed by atoms with van der Waals surface area (Å²) in [5, 5.41) is 2.74. The average Bonchev–Trinajstić information content (AvgIpc) is 2.36. The van der Waals surface area contributed by atoms with Crippen molar-refractivity contribution in [3.05, 3.63) is 30.4 Å².